The van der Waals surface area contributed by atoms with Crippen LogP contribution < -0.4 is 11.1 Å². The molecule has 1 aromatic carbocycles. The zero-order chi connectivity index (χ0) is 17.8. The van der Waals surface area contributed by atoms with Crippen LogP contribution in [-0.4, -0.2) is 16.8 Å². The number of nitrogen functional groups attached to an aromatic ring is 1. The maximum absolute atomic E-state index is 11.7. The molecule has 1 aliphatic rings. The van der Waals surface area contributed by atoms with Crippen molar-refractivity contribution in [3.63, 3.8) is 0 Å². The number of nitrogens with zero attached hydrogens (tertiary/aromatic N) is 1. The molecule has 5 nitrogen and oxygen atoms in total. The Hall–Kier alpha value is -2.21. The van der Waals surface area contributed by atoms with Gasteiger partial charge in [0, 0.05) is 31.1 Å². The fourth-order valence-corrected chi connectivity index (χ4v) is 4.47. The molecule has 0 spiro atoms. The molecule has 6 heteroatoms. The first kappa shape index (κ1) is 17.6. The minimum atomic E-state index is -0.281. The highest BCUT2D eigenvalue weighted by atomic mass is 32.1. The van der Waals surface area contributed by atoms with Crippen molar-refractivity contribution in [2.24, 2.45) is 5.92 Å². The molecular weight excluding hydrogens is 334 g/mol. The Kier molecular flexibility index (Phi) is 5.48. The number of imide groups is 1. The number of thiazole rings is 1. The number of amides is 2. The summed E-state index contributed by atoms with van der Waals surface area (Å²) < 4.78 is 0. The maximum Gasteiger partial charge on any atom is 0.226 e. The molecule has 2 aromatic rings. The summed E-state index contributed by atoms with van der Waals surface area (Å²) in [6, 6.07) is 7.87. The number of rotatable bonds is 4. The molecule has 1 saturated carbocycles. The van der Waals surface area contributed by atoms with Crippen molar-refractivity contribution in [1.29, 1.82) is 0 Å². The van der Waals surface area contributed by atoms with Crippen LogP contribution in [0.1, 0.15) is 50.0 Å². The number of nitrogens with one attached hydrogen (secondary N) is 1. The molecule has 3 rings (SSSR count). The van der Waals surface area contributed by atoms with Gasteiger partial charge in [-0.3, -0.25) is 14.9 Å². The lowest BCUT2D eigenvalue weighted by atomic mass is 9.80. The van der Waals surface area contributed by atoms with Crippen molar-refractivity contribution < 1.29 is 9.59 Å². The second-order valence-corrected chi connectivity index (χ2v) is 7.77. The predicted molar refractivity (Wildman–Crippen MR) is 100 cm³/mol. The molecule has 0 unspecified atom stereocenters. The summed E-state index contributed by atoms with van der Waals surface area (Å²) >= 11 is 1.75. The van der Waals surface area contributed by atoms with Gasteiger partial charge in [-0.1, -0.05) is 12.1 Å². The number of hydrogen-bond acceptors (Lipinski definition) is 5. The normalized spacial score (nSPS) is 20.2. The number of aromatic nitrogens is 1. The Morgan fingerprint density at radius 2 is 1.88 bits per heavy atom. The smallest absolute Gasteiger partial charge is 0.226 e. The van der Waals surface area contributed by atoms with E-state index in [0.29, 0.717) is 18.3 Å². The van der Waals surface area contributed by atoms with E-state index in [1.165, 1.54) is 11.9 Å². The van der Waals surface area contributed by atoms with Crippen LogP contribution in [0.2, 0.25) is 0 Å². The summed E-state index contributed by atoms with van der Waals surface area (Å²) in [5.74, 6) is 0.402. The second-order valence-electron chi connectivity index (χ2n) is 6.71. The SMILES string of the molecule is CC(=O)NC(=O)CC1CCC(c2ncc(-c3ccc(N)cc3)s2)CC1. The van der Waals surface area contributed by atoms with Crippen LogP contribution in [0.15, 0.2) is 30.5 Å². The van der Waals surface area contributed by atoms with E-state index < -0.39 is 0 Å². The lowest BCUT2D eigenvalue weighted by Crippen LogP contribution is -2.30. The van der Waals surface area contributed by atoms with Crippen molar-refractivity contribution in [2.45, 2.75) is 44.9 Å². The molecule has 3 N–H and O–H groups in total. The molecule has 0 bridgehead atoms. The van der Waals surface area contributed by atoms with Crippen molar-refractivity contribution >= 4 is 28.8 Å². The van der Waals surface area contributed by atoms with Gasteiger partial charge in [0.25, 0.3) is 0 Å². The van der Waals surface area contributed by atoms with Gasteiger partial charge in [0.05, 0.1) is 9.88 Å². The fourth-order valence-electron chi connectivity index (χ4n) is 3.38. The number of anilines is 1. The van der Waals surface area contributed by atoms with Gasteiger partial charge < -0.3 is 5.73 Å². The van der Waals surface area contributed by atoms with E-state index in [1.54, 1.807) is 11.3 Å². The molecule has 0 saturated heterocycles. The summed E-state index contributed by atoms with van der Waals surface area (Å²) in [6.45, 7) is 1.37. The average Bonchev–Trinajstić information content (AvgIpc) is 3.05. The topological polar surface area (TPSA) is 85.1 Å². The van der Waals surface area contributed by atoms with Gasteiger partial charge in [0.1, 0.15) is 0 Å². The molecule has 1 heterocycles. The first-order chi connectivity index (χ1) is 12.0. The molecule has 2 amide bonds. The number of carbonyl (C=O) groups is 2. The molecule has 1 aliphatic carbocycles. The van der Waals surface area contributed by atoms with E-state index >= 15 is 0 Å². The van der Waals surface area contributed by atoms with Crippen LogP contribution in [0.3, 0.4) is 0 Å². The lowest BCUT2D eigenvalue weighted by molar-refractivity contribution is -0.129. The summed E-state index contributed by atoms with van der Waals surface area (Å²) in [5.41, 5.74) is 7.65. The number of carbonyl (C=O) groups excluding carboxylic acids is 2. The van der Waals surface area contributed by atoms with Crippen LogP contribution in [-0.2, 0) is 9.59 Å². The van der Waals surface area contributed by atoms with Gasteiger partial charge in [0.2, 0.25) is 11.8 Å². The Labute approximate surface area is 151 Å². The van der Waals surface area contributed by atoms with E-state index in [2.05, 4.69) is 10.3 Å². The minimum absolute atomic E-state index is 0.157. The second kappa shape index (κ2) is 7.78. The zero-order valence-corrected chi connectivity index (χ0v) is 15.1. The summed E-state index contributed by atoms with van der Waals surface area (Å²) in [6.07, 6.45) is 6.50. The van der Waals surface area contributed by atoms with Gasteiger partial charge >= 0.3 is 0 Å². The third-order valence-corrected chi connectivity index (χ3v) is 5.91. The monoisotopic (exact) mass is 357 g/mol. The quantitative estimate of drug-likeness (QED) is 0.817. The molecule has 25 heavy (non-hydrogen) atoms. The first-order valence-electron chi connectivity index (χ1n) is 8.63. The molecule has 1 aromatic heterocycles. The highest BCUT2D eigenvalue weighted by molar-refractivity contribution is 7.15. The largest absolute Gasteiger partial charge is 0.399 e. The third kappa shape index (κ3) is 4.66. The number of hydrogen-bond donors (Lipinski definition) is 2. The van der Waals surface area contributed by atoms with E-state index in [0.717, 1.165) is 41.8 Å². The van der Waals surface area contributed by atoms with E-state index in [9.17, 15) is 9.59 Å². The Morgan fingerprint density at radius 1 is 1.20 bits per heavy atom. The van der Waals surface area contributed by atoms with Crippen LogP contribution in [0.25, 0.3) is 10.4 Å². The van der Waals surface area contributed by atoms with Gasteiger partial charge in [-0.2, -0.15) is 0 Å². The summed E-state index contributed by atoms with van der Waals surface area (Å²) in [7, 11) is 0. The Balaban J connectivity index is 1.56. The third-order valence-electron chi connectivity index (χ3n) is 4.70. The van der Waals surface area contributed by atoms with Gasteiger partial charge in [-0.15, -0.1) is 11.3 Å². The van der Waals surface area contributed by atoms with Crippen LogP contribution in [0, 0.1) is 5.92 Å². The lowest BCUT2D eigenvalue weighted by Gasteiger charge is -2.26. The van der Waals surface area contributed by atoms with E-state index in [-0.39, 0.29) is 11.8 Å². The molecule has 1 fully saturated rings. The predicted octanol–water partition coefficient (Wildman–Crippen LogP) is 3.72. The van der Waals surface area contributed by atoms with Gasteiger partial charge in [0.15, 0.2) is 0 Å². The summed E-state index contributed by atoms with van der Waals surface area (Å²) in [5, 5.41) is 3.54. The minimum Gasteiger partial charge on any atom is -0.399 e. The van der Waals surface area contributed by atoms with Crippen LogP contribution in [0.5, 0.6) is 0 Å². The average molecular weight is 357 g/mol. The van der Waals surface area contributed by atoms with Crippen molar-refractivity contribution in [3.8, 4) is 10.4 Å². The Bertz CT molecular complexity index is 746. The molecular formula is C19H23N3O2S. The summed E-state index contributed by atoms with van der Waals surface area (Å²) in [4.78, 5) is 28.4. The van der Waals surface area contributed by atoms with E-state index in [4.69, 9.17) is 5.73 Å². The van der Waals surface area contributed by atoms with Gasteiger partial charge in [-0.25, -0.2) is 4.98 Å². The molecule has 0 radical (unpaired) electrons. The number of nitrogens with two attached hydrogens (primary N) is 1. The number of benzene rings is 1. The highest BCUT2D eigenvalue weighted by Gasteiger charge is 2.26. The Morgan fingerprint density at radius 3 is 2.52 bits per heavy atom. The van der Waals surface area contributed by atoms with Crippen molar-refractivity contribution in [1.82, 2.24) is 10.3 Å². The fraction of sp³-hybridized carbons (Fsp3) is 0.421. The molecule has 0 atom stereocenters. The van der Waals surface area contributed by atoms with Crippen LogP contribution >= 0.6 is 11.3 Å². The van der Waals surface area contributed by atoms with Crippen LogP contribution in [0.4, 0.5) is 5.69 Å². The van der Waals surface area contributed by atoms with Crippen molar-refractivity contribution in [2.75, 3.05) is 5.73 Å². The molecule has 132 valence electrons. The maximum atomic E-state index is 11.7. The molecule has 0 aliphatic heterocycles. The van der Waals surface area contributed by atoms with E-state index in [1.807, 2.05) is 30.5 Å². The zero-order valence-electron chi connectivity index (χ0n) is 14.3. The van der Waals surface area contributed by atoms with Crippen molar-refractivity contribution in [3.05, 3.63) is 35.5 Å². The van der Waals surface area contributed by atoms with Gasteiger partial charge in [-0.05, 0) is 49.3 Å². The standard InChI is InChI=1S/C19H23N3O2S/c1-12(23)22-18(24)10-13-2-4-15(5-3-13)19-21-11-17(25-19)14-6-8-16(20)9-7-14/h6-9,11,13,15H,2-5,10,20H2,1H3,(H,22,23,24). The first-order valence-corrected chi connectivity index (χ1v) is 9.45. The highest BCUT2D eigenvalue weighted by Crippen LogP contribution is 2.40.